The molecule has 0 aliphatic carbocycles. The molecule has 0 saturated heterocycles. The van der Waals surface area contributed by atoms with Gasteiger partial charge in [-0.3, -0.25) is 14.2 Å². The summed E-state index contributed by atoms with van der Waals surface area (Å²) in [5, 5.41) is 9.43. The Morgan fingerprint density at radius 2 is 1.83 bits per heavy atom. The topological polar surface area (TPSA) is 64.7 Å². The summed E-state index contributed by atoms with van der Waals surface area (Å²) in [6, 6.07) is 2.08. The van der Waals surface area contributed by atoms with Crippen molar-refractivity contribution >= 4 is 27.5 Å². The van der Waals surface area contributed by atoms with Crippen LogP contribution in [0.5, 0.6) is 0 Å². The van der Waals surface area contributed by atoms with E-state index < -0.39 is 29.6 Å². The second-order valence-corrected chi connectivity index (χ2v) is 8.00. The first-order valence-corrected chi connectivity index (χ1v) is 9.52. The third-order valence-electron chi connectivity index (χ3n) is 4.37. The lowest BCUT2D eigenvalue weighted by molar-refractivity contribution is -0.141. The Balaban J connectivity index is 1.66. The quantitative estimate of drug-likeness (QED) is 0.588. The number of nitrogens with one attached hydrogen (secondary N) is 1. The molecule has 30 heavy (non-hydrogen) atoms. The van der Waals surface area contributed by atoms with Crippen molar-refractivity contribution in [3.8, 4) is 0 Å². The highest BCUT2D eigenvalue weighted by molar-refractivity contribution is 7.20. The van der Waals surface area contributed by atoms with E-state index >= 15 is 0 Å². The van der Waals surface area contributed by atoms with E-state index in [0.29, 0.717) is 5.69 Å². The van der Waals surface area contributed by atoms with Crippen LogP contribution in [0.2, 0.25) is 0 Å². The zero-order valence-electron chi connectivity index (χ0n) is 16.0. The average Bonchev–Trinajstić information content (AvgIpc) is 3.27. The highest BCUT2D eigenvalue weighted by Crippen LogP contribution is 2.37. The van der Waals surface area contributed by atoms with Gasteiger partial charge < -0.3 is 5.32 Å². The standard InChI is InChI=1S/C17H17F6N5OS/c1-8(7-28-9(2)4-12(25-28)16(18,19)20)6-24-14(29)11-5-10-13(17(21,22)23)26-27(3)15(10)30-11/h4-5,8H,6-7H2,1-3H3,(H,24,29). The number of hydrogen-bond donors (Lipinski definition) is 1. The molecule has 0 bridgehead atoms. The Bertz CT molecular complexity index is 1080. The monoisotopic (exact) mass is 453 g/mol. The molecule has 1 N–H and O–H groups in total. The number of amides is 1. The van der Waals surface area contributed by atoms with E-state index in [1.165, 1.54) is 18.7 Å². The Hall–Kier alpha value is -2.57. The molecular formula is C17H17F6N5OS. The number of nitrogens with zero attached hydrogens (tertiary/aromatic N) is 4. The van der Waals surface area contributed by atoms with Gasteiger partial charge in [-0.1, -0.05) is 6.92 Å². The third-order valence-corrected chi connectivity index (χ3v) is 5.57. The minimum atomic E-state index is -4.64. The summed E-state index contributed by atoms with van der Waals surface area (Å²) in [6.45, 7) is 3.46. The fourth-order valence-electron chi connectivity index (χ4n) is 2.91. The van der Waals surface area contributed by atoms with Crippen LogP contribution in [0.3, 0.4) is 0 Å². The minimum Gasteiger partial charge on any atom is -0.351 e. The van der Waals surface area contributed by atoms with Gasteiger partial charge in [-0.15, -0.1) is 11.3 Å². The summed E-state index contributed by atoms with van der Waals surface area (Å²) in [6.07, 6.45) is -9.18. The van der Waals surface area contributed by atoms with E-state index in [9.17, 15) is 31.1 Å². The molecule has 3 rings (SSSR count). The summed E-state index contributed by atoms with van der Waals surface area (Å²) in [5.74, 6) is -0.834. The van der Waals surface area contributed by atoms with Crippen molar-refractivity contribution in [2.75, 3.05) is 6.54 Å². The van der Waals surface area contributed by atoms with Gasteiger partial charge in [0.15, 0.2) is 11.4 Å². The highest BCUT2D eigenvalue weighted by atomic mass is 32.1. The molecule has 0 saturated carbocycles. The van der Waals surface area contributed by atoms with Crippen molar-refractivity contribution in [2.45, 2.75) is 32.7 Å². The van der Waals surface area contributed by atoms with E-state index in [-0.39, 0.29) is 34.1 Å². The highest BCUT2D eigenvalue weighted by Gasteiger charge is 2.37. The van der Waals surface area contributed by atoms with Gasteiger partial charge in [-0.05, 0) is 25.0 Å². The van der Waals surface area contributed by atoms with Crippen LogP contribution in [0.25, 0.3) is 10.2 Å². The number of aryl methyl sites for hydroxylation is 2. The maximum absolute atomic E-state index is 13.1. The summed E-state index contributed by atoms with van der Waals surface area (Å²) >= 11 is 0.879. The Morgan fingerprint density at radius 1 is 1.17 bits per heavy atom. The largest absolute Gasteiger partial charge is 0.435 e. The van der Waals surface area contributed by atoms with Crippen LogP contribution >= 0.6 is 11.3 Å². The zero-order chi connectivity index (χ0) is 22.4. The lowest BCUT2D eigenvalue weighted by Crippen LogP contribution is -2.30. The van der Waals surface area contributed by atoms with Gasteiger partial charge >= 0.3 is 12.4 Å². The SMILES string of the molecule is Cc1cc(C(F)(F)F)nn1CC(C)CNC(=O)c1cc2c(C(F)(F)F)nn(C)c2s1. The van der Waals surface area contributed by atoms with Gasteiger partial charge in [0.25, 0.3) is 5.91 Å². The molecule has 3 aromatic rings. The van der Waals surface area contributed by atoms with Crippen LogP contribution in [0.1, 0.15) is 33.7 Å². The number of rotatable bonds is 5. The van der Waals surface area contributed by atoms with Crippen molar-refractivity contribution in [1.29, 1.82) is 0 Å². The van der Waals surface area contributed by atoms with E-state index in [2.05, 4.69) is 15.5 Å². The van der Waals surface area contributed by atoms with Crippen LogP contribution in [0, 0.1) is 12.8 Å². The fourth-order valence-corrected chi connectivity index (χ4v) is 3.90. The summed E-state index contributed by atoms with van der Waals surface area (Å²) in [7, 11) is 1.36. The minimum absolute atomic E-state index is 0.0883. The average molecular weight is 453 g/mol. The molecule has 164 valence electrons. The predicted molar refractivity (Wildman–Crippen MR) is 97.1 cm³/mol. The Morgan fingerprint density at radius 3 is 2.40 bits per heavy atom. The van der Waals surface area contributed by atoms with Gasteiger partial charge in [0, 0.05) is 31.2 Å². The molecule has 0 aliphatic heterocycles. The number of aromatic nitrogens is 4. The molecule has 1 atom stereocenters. The fraction of sp³-hybridized carbons (Fsp3) is 0.471. The molecule has 0 spiro atoms. The van der Waals surface area contributed by atoms with Gasteiger partial charge in [0.1, 0.15) is 4.83 Å². The van der Waals surface area contributed by atoms with Crippen LogP contribution < -0.4 is 5.32 Å². The number of alkyl halides is 6. The molecule has 6 nitrogen and oxygen atoms in total. The maximum Gasteiger partial charge on any atom is 0.435 e. The number of fused-ring (bicyclic) bond motifs is 1. The number of thiophene rings is 1. The van der Waals surface area contributed by atoms with Crippen molar-refractivity contribution in [3.63, 3.8) is 0 Å². The Labute approximate surface area is 170 Å². The first kappa shape index (κ1) is 22.1. The first-order chi connectivity index (χ1) is 13.8. The number of hydrogen-bond acceptors (Lipinski definition) is 4. The second-order valence-electron chi connectivity index (χ2n) is 6.97. The van der Waals surface area contributed by atoms with Gasteiger partial charge in [-0.25, -0.2) is 0 Å². The number of carbonyl (C=O) groups excluding carboxylic acids is 1. The van der Waals surface area contributed by atoms with Crippen LogP contribution in [0.4, 0.5) is 26.3 Å². The van der Waals surface area contributed by atoms with E-state index in [4.69, 9.17) is 0 Å². The van der Waals surface area contributed by atoms with Crippen molar-refractivity contribution in [3.05, 3.63) is 34.1 Å². The number of halogens is 6. The molecule has 0 aromatic carbocycles. The summed E-state index contributed by atoms with van der Waals surface area (Å²) in [5.41, 5.74) is -1.72. The molecule has 3 aromatic heterocycles. The smallest absolute Gasteiger partial charge is 0.351 e. The van der Waals surface area contributed by atoms with Crippen LogP contribution in [0.15, 0.2) is 12.1 Å². The molecule has 0 aliphatic rings. The van der Waals surface area contributed by atoms with Crippen molar-refractivity contribution < 1.29 is 31.1 Å². The molecule has 3 heterocycles. The van der Waals surface area contributed by atoms with Gasteiger partial charge in [-0.2, -0.15) is 36.5 Å². The molecule has 1 unspecified atom stereocenters. The second kappa shape index (κ2) is 7.60. The van der Waals surface area contributed by atoms with E-state index in [1.807, 2.05) is 0 Å². The zero-order valence-corrected chi connectivity index (χ0v) is 16.8. The van der Waals surface area contributed by atoms with Crippen molar-refractivity contribution in [2.24, 2.45) is 13.0 Å². The normalized spacial score (nSPS) is 13.8. The summed E-state index contributed by atoms with van der Waals surface area (Å²) in [4.78, 5) is 12.7. The third kappa shape index (κ3) is 4.45. The van der Waals surface area contributed by atoms with Crippen molar-refractivity contribution in [1.82, 2.24) is 24.9 Å². The predicted octanol–water partition coefficient (Wildman–Crippen LogP) is 4.24. The van der Waals surface area contributed by atoms with Gasteiger partial charge in [0.05, 0.1) is 4.88 Å². The van der Waals surface area contributed by atoms with E-state index in [1.54, 1.807) is 6.92 Å². The lowest BCUT2D eigenvalue weighted by atomic mass is 10.2. The molecule has 1 amide bonds. The molecular weight excluding hydrogens is 436 g/mol. The number of carbonyl (C=O) groups is 1. The maximum atomic E-state index is 13.1. The lowest BCUT2D eigenvalue weighted by Gasteiger charge is -2.13. The Kier molecular flexibility index (Phi) is 5.60. The first-order valence-electron chi connectivity index (χ1n) is 8.71. The van der Waals surface area contributed by atoms with Gasteiger partial charge in [0.2, 0.25) is 0 Å². The van der Waals surface area contributed by atoms with E-state index in [0.717, 1.165) is 28.2 Å². The summed E-state index contributed by atoms with van der Waals surface area (Å²) < 4.78 is 79.7. The molecule has 0 radical (unpaired) electrons. The van der Waals surface area contributed by atoms with Crippen LogP contribution in [-0.2, 0) is 25.9 Å². The van der Waals surface area contributed by atoms with Crippen LogP contribution in [-0.4, -0.2) is 32.0 Å². The molecule has 0 fully saturated rings. The molecule has 13 heteroatoms.